The Bertz CT molecular complexity index is 417. The van der Waals surface area contributed by atoms with Gasteiger partial charge < -0.3 is 10.1 Å². The van der Waals surface area contributed by atoms with E-state index in [9.17, 15) is 0 Å². The second-order valence-corrected chi connectivity index (χ2v) is 4.01. The summed E-state index contributed by atoms with van der Waals surface area (Å²) in [4.78, 5) is 0. The molecule has 0 fully saturated rings. The number of alkyl halides is 1. The predicted molar refractivity (Wildman–Crippen MR) is 62.1 cm³/mol. The SMILES string of the molecule is Clc1ccccc1OC1(Cl)C=CC=CN1. The van der Waals surface area contributed by atoms with Crippen LogP contribution in [0.3, 0.4) is 0 Å². The number of rotatable bonds is 2. The van der Waals surface area contributed by atoms with Crippen LogP contribution in [0.15, 0.2) is 48.7 Å². The molecule has 1 unspecified atom stereocenters. The quantitative estimate of drug-likeness (QED) is 0.634. The van der Waals surface area contributed by atoms with Gasteiger partial charge in [0, 0.05) is 6.20 Å². The number of dihydropyridines is 1. The summed E-state index contributed by atoms with van der Waals surface area (Å²) in [6.45, 7) is 0. The largest absolute Gasteiger partial charge is 0.449 e. The first-order valence-electron chi connectivity index (χ1n) is 4.44. The number of allylic oxidation sites excluding steroid dienone is 2. The van der Waals surface area contributed by atoms with Gasteiger partial charge in [-0.2, -0.15) is 0 Å². The van der Waals surface area contributed by atoms with Crippen molar-refractivity contribution >= 4 is 23.2 Å². The first kappa shape index (κ1) is 10.4. The summed E-state index contributed by atoms with van der Waals surface area (Å²) < 4.78 is 5.56. The van der Waals surface area contributed by atoms with Crippen LogP contribution in [0, 0.1) is 0 Å². The summed E-state index contributed by atoms with van der Waals surface area (Å²) in [7, 11) is 0. The molecule has 1 aromatic carbocycles. The van der Waals surface area contributed by atoms with Crippen molar-refractivity contribution in [2.24, 2.45) is 0 Å². The molecule has 1 aliphatic rings. The zero-order valence-electron chi connectivity index (χ0n) is 7.78. The van der Waals surface area contributed by atoms with E-state index in [2.05, 4.69) is 5.32 Å². The minimum absolute atomic E-state index is 0.530. The van der Waals surface area contributed by atoms with Gasteiger partial charge in [0.2, 0.25) is 0 Å². The van der Waals surface area contributed by atoms with Crippen LogP contribution in [0.2, 0.25) is 5.02 Å². The molecule has 2 nitrogen and oxygen atoms in total. The highest BCUT2D eigenvalue weighted by atomic mass is 35.5. The van der Waals surface area contributed by atoms with Crippen molar-refractivity contribution in [3.05, 3.63) is 53.7 Å². The van der Waals surface area contributed by atoms with Crippen LogP contribution in [0.5, 0.6) is 5.75 Å². The van der Waals surface area contributed by atoms with Gasteiger partial charge in [-0.25, -0.2) is 0 Å². The average Bonchev–Trinajstić information content (AvgIpc) is 2.22. The van der Waals surface area contributed by atoms with Crippen LogP contribution in [0.4, 0.5) is 0 Å². The molecule has 1 N–H and O–H groups in total. The lowest BCUT2D eigenvalue weighted by atomic mass is 10.3. The molecule has 4 heteroatoms. The number of benzene rings is 1. The van der Waals surface area contributed by atoms with Crippen LogP contribution >= 0.6 is 23.2 Å². The standard InChI is InChI=1S/C11H9Cl2NO/c12-9-5-1-2-6-10(9)15-11(13)7-3-4-8-14-11/h1-8,14H. The van der Waals surface area contributed by atoms with Crippen molar-refractivity contribution in [3.63, 3.8) is 0 Å². The normalized spacial score (nSPS) is 23.6. The van der Waals surface area contributed by atoms with Gasteiger partial charge >= 0.3 is 0 Å². The monoisotopic (exact) mass is 241 g/mol. The minimum atomic E-state index is -1.06. The second-order valence-electron chi connectivity index (χ2n) is 3.04. The first-order valence-corrected chi connectivity index (χ1v) is 5.20. The van der Waals surface area contributed by atoms with Crippen molar-refractivity contribution < 1.29 is 4.74 Å². The number of halogens is 2. The minimum Gasteiger partial charge on any atom is -0.449 e. The molecule has 0 spiro atoms. The Morgan fingerprint density at radius 1 is 1.20 bits per heavy atom. The summed E-state index contributed by atoms with van der Waals surface area (Å²) in [5, 5.41) is 2.36. The highest BCUT2D eigenvalue weighted by Crippen LogP contribution is 2.29. The van der Waals surface area contributed by atoms with Crippen molar-refractivity contribution in [1.29, 1.82) is 0 Å². The van der Waals surface area contributed by atoms with Gasteiger partial charge in [-0.1, -0.05) is 29.8 Å². The summed E-state index contributed by atoms with van der Waals surface area (Å²) >= 11 is 12.1. The Hall–Kier alpha value is -1.12. The molecule has 0 amide bonds. The van der Waals surface area contributed by atoms with Crippen molar-refractivity contribution in [1.82, 2.24) is 5.32 Å². The van der Waals surface area contributed by atoms with Crippen LogP contribution < -0.4 is 10.1 Å². The van der Waals surface area contributed by atoms with E-state index in [0.717, 1.165) is 0 Å². The van der Waals surface area contributed by atoms with E-state index in [0.29, 0.717) is 10.8 Å². The maximum atomic E-state index is 6.15. The number of hydrogen-bond acceptors (Lipinski definition) is 2. The van der Waals surface area contributed by atoms with Gasteiger partial charge in [-0.3, -0.25) is 0 Å². The first-order chi connectivity index (χ1) is 7.20. The fraction of sp³-hybridized carbons (Fsp3) is 0.0909. The molecule has 0 aliphatic carbocycles. The lowest BCUT2D eigenvalue weighted by molar-refractivity contribution is 0.184. The zero-order chi connectivity index (χ0) is 10.7. The third-order valence-electron chi connectivity index (χ3n) is 1.89. The topological polar surface area (TPSA) is 21.3 Å². The van der Waals surface area contributed by atoms with Crippen molar-refractivity contribution in [2.75, 3.05) is 0 Å². The molecule has 1 aromatic rings. The van der Waals surface area contributed by atoms with Crippen molar-refractivity contribution in [2.45, 2.75) is 5.18 Å². The third kappa shape index (κ3) is 2.46. The van der Waals surface area contributed by atoms with Gasteiger partial charge in [0.1, 0.15) is 5.75 Å². The van der Waals surface area contributed by atoms with Crippen LogP contribution in [-0.4, -0.2) is 5.18 Å². The van der Waals surface area contributed by atoms with Crippen molar-refractivity contribution in [3.8, 4) is 5.75 Å². The molecule has 0 saturated heterocycles. The molecule has 1 atom stereocenters. The second kappa shape index (κ2) is 4.17. The highest BCUT2D eigenvalue weighted by molar-refractivity contribution is 6.32. The summed E-state index contributed by atoms with van der Waals surface area (Å²) in [5.74, 6) is 0.543. The van der Waals surface area contributed by atoms with Crippen LogP contribution in [0.1, 0.15) is 0 Å². The lowest BCUT2D eigenvalue weighted by Crippen LogP contribution is -2.41. The Kier molecular flexibility index (Phi) is 2.89. The molecule has 78 valence electrons. The molecular formula is C11H9Cl2NO. The Balaban J connectivity index is 2.18. The highest BCUT2D eigenvalue weighted by Gasteiger charge is 2.26. The number of para-hydroxylation sites is 1. The van der Waals surface area contributed by atoms with E-state index < -0.39 is 5.18 Å². The fourth-order valence-corrected chi connectivity index (χ4v) is 1.59. The molecule has 0 radical (unpaired) electrons. The maximum absolute atomic E-state index is 6.15. The maximum Gasteiger partial charge on any atom is 0.278 e. The Labute approximate surface area is 98.1 Å². The lowest BCUT2D eigenvalue weighted by Gasteiger charge is -2.27. The molecular weight excluding hydrogens is 233 g/mol. The summed E-state index contributed by atoms with van der Waals surface area (Å²) in [6, 6.07) is 7.18. The van der Waals surface area contributed by atoms with Crippen LogP contribution in [0.25, 0.3) is 0 Å². The van der Waals surface area contributed by atoms with Gasteiger partial charge in [0.15, 0.2) is 0 Å². The summed E-state index contributed by atoms with van der Waals surface area (Å²) in [5.41, 5.74) is 0. The Morgan fingerprint density at radius 2 is 2.00 bits per heavy atom. The van der Waals surface area contributed by atoms with E-state index in [-0.39, 0.29) is 0 Å². The van der Waals surface area contributed by atoms with E-state index in [4.69, 9.17) is 27.9 Å². The molecule has 1 aliphatic heterocycles. The smallest absolute Gasteiger partial charge is 0.278 e. The fourth-order valence-electron chi connectivity index (χ4n) is 1.20. The third-order valence-corrected chi connectivity index (χ3v) is 2.52. The molecule has 0 aromatic heterocycles. The van der Waals surface area contributed by atoms with Gasteiger partial charge in [0.25, 0.3) is 5.18 Å². The van der Waals surface area contributed by atoms with Crippen LogP contribution in [-0.2, 0) is 0 Å². The van der Waals surface area contributed by atoms with Gasteiger partial charge in [-0.05, 0) is 35.9 Å². The number of nitrogens with one attached hydrogen (secondary N) is 1. The number of hydrogen-bond donors (Lipinski definition) is 1. The number of ether oxygens (including phenoxy) is 1. The summed E-state index contributed by atoms with van der Waals surface area (Å²) in [6.07, 6.45) is 7.05. The predicted octanol–water partition coefficient (Wildman–Crippen LogP) is 3.28. The van der Waals surface area contributed by atoms with E-state index >= 15 is 0 Å². The molecule has 0 saturated carbocycles. The van der Waals surface area contributed by atoms with Gasteiger partial charge in [-0.15, -0.1) is 0 Å². The average molecular weight is 242 g/mol. The molecule has 0 bridgehead atoms. The van der Waals surface area contributed by atoms with E-state index in [1.54, 1.807) is 30.5 Å². The Morgan fingerprint density at radius 3 is 2.67 bits per heavy atom. The molecule has 2 rings (SSSR count). The van der Waals surface area contributed by atoms with Gasteiger partial charge in [0.05, 0.1) is 5.02 Å². The zero-order valence-corrected chi connectivity index (χ0v) is 9.29. The van der Waals surface area contributed by atoms with E-state index in [1.165, 1.54) is 0 Å². The molecule has 15 heavy (non-hydrogen) atoms. The molecule has 1 heterocycles. The van der Waals surface area contributed by atoms with E-state index in [1.807, 2.05) is 18.2 Å².